The first-order valence-corrected chi connectivity index (χ1v) is 7.40. The van der Waals surface area contributed by atoms with Gasteiger partial charge in [-0.25, -0.2) is 8.78 Å². The van der Waals surface area contributed by atoms with Crippen LogP contribution in [0.15, 0.2) is 22.6 Å². The number of furan rings is 1. The smallest absolute Gasteiger partial charge is 0.162 e. The zero-order valence-corrected chi connectivity index (χ0v) is 12.6. The van der Waals surface area contributed by atoms with Crippen LogP contribution in [-0.4, -0.2) is 9.30 Å². The van der Waals surface area contributed by atoms with Crippen LogP contribution in [0.25, 0.3) is 11.0 Å². The second kappa shape index (κ2) is 5.35. The van der Waals surface area contributed by atoms with Gasteiger partial charge in [-0.3, -0.25) is 0 Å². The molecule has 6 heteroatoms. The normalized spacial score (nSPS) is 15.6. The predicted molar refractivity (Wildman–Crippen MR) is 75.6 cm³/mol. The fourth-order valence-electron chi connectivity index (χ4n) is 1.66. The van der Waals surface area contributed by atoms with Crippen molar-refractivity contribution in [2.75, 3.05) is 0 Å². The SMILES string of the molecule is CC(N[S@@+]([O-])C(C)(C)C)c1cc2cc(F)c(F)cc2o1. The Bertz CT molecular complexity index is 582. The summed E-state index contributed by atoms with van der Waals surface area (Å²) in [6, 6.07) is 3.40. The second-order valence-electron chi connectivity index (χ2n) is 5.67. The Kier molecular flexibility index (Phi) is 4.09. The van der Waals surface area contributed by atoms with Crippen molar-refractivity contribution < 1.29 is 17.8 Å². The molecule has 0 saturated heterocycles. The number of benzene rings is 1. The molecule has 0 spiro atoms. The molecule has 0 aliphatic rings. The zero-order chi connectivity index (χ0) is 15.1. The van der Waals surface area contributed by atoms with Gasteiger partial charge in [0.1, 0.15) is 22.1 Å². The maximum atomic E-state index is 13.1. The van der Waals surface area contributed by atoms with Crippen molar-refractivity contribution in [3.8, 4) is 0 Å². The maximum Gasteiger partial charge on any atom is 0.162 e. The number of halogens is 2. The first kappa shape index (κ1) is 15.3. The Morgan fingerprint density at radius 1 is 1.20 bits per heavy atom. The monoisotopic (exact) mass is 301 g/mol. The van der Waals surface area contributed by atoms with Crippen molar-refractivity contribution in [3.05, 3.63) is 35.6 Å². The van der Waals surface area contributed by atoms with Crippen LogP contribution in [0.1, 0.15) is 39.5 Å². The lowest BCUT2D eigenvalue weighted by atomic mass is 10.2. The summed E-state index contributed by atoms with van der Waals surface area (Å²) < 4.78 is 46.3. The molecule has 0 bridgehead atoms. The van der Waals surface area contributed by atoms with E-state index in [1.165, 1.54) is 0 Å². The van der Waals surface area contributed by atoms with Crippen LogP contribution in [0.4, 0.5) is 8.78 Å². The topological polar surface area (TPSA) is 48.2 Å². The average Bonchev–Trinajstić information content (AvgIpc) is 2.71. The third-order valence-corrected chi connectivity index (χ3v) is 4.53. The van der Waals surface area contributed by atoms with E-state index < -0.39 is 27.7 Å². The number of hydrogen-bond acceptors (Lipinski definition) is 3. The summed E-state index contributed by atoms with van der Waals surface area (Å²) in [7, 11) is 0. The van der Waals surface area contributed by atoms with Crippen molar-refractivity contribution >= 4 is 22.3 Å². The molecule has 0 amide bonds. The Balaban J connectivity index is 2.25. The van der Waals surface area contributed by atoms with E-state index in [1.807, 2.05) is 20.8 Å². The van der Waals surface area contributed by atoms with Crippen molar-refractivity contribution in [3.63, 3.8) is 0 Å². The molecule has 3 nitrogen and oxygen atoms in total. The van der Waals surface area contributed by atoms with E-state index in [9.17, 15) is 13.3 Å². The lowest BCUT2D eigenvalue weighted by Gasteiger charge is -2.25. The van der Waals surface area contributed by atoms with Gasteiger partial charge < -0.3 is 8.97 Å². The summed E-state index contributed by atoms with van der Waals surface area (Å²) in [5.41, 5.74) is 0.272. The number of nitrogens with one attached hydrogen (secondary N) is 1. The minimum atomic E-state index is -1.26. The minimum absolute atomic E-state index is 0.272. The molecule has 0 radical (unpaired) electrons. The molecule has 2 atom stereocenters. The van der Waals surface area contributed by atoms with Crippen LogP contribution in [0.5, 0.6) is 0 Å². The van der Waals surface area contributed by atoms with Crippen LogP contribution in [-0.2, 0) is 11.4 Å². The lowest BCUT2D eigenvalue weighted by Crippen LogP contribution is -2.40. The molecular formula is C14H17F2NO2S. The minimum Gasteiger partial charge on any atom is -0.598 e. The van der Waals surface area contributed by atoms with Gasteiger partial charge in [-0.05, 0) is 39.8 Å². The van der Waals surface area contributed by atoms with Gasteiger partial charge in [0.15, 0.2) is 11.6 Å². The van der Waals surface area contributed by atoms with Gasteiger partial charge in [0.2, 0.25) is 0 Å². The molecule has 0 fully saturated rings. The van der Waals surface area contributed by atoms with E-state index in [-0.39, 0.29) is 11.6 Å². The van der Waals surface area contributed by atoms with E-state index in [4.69, 9.17) is 4.42 Å². The summed E-state index contributed by atoms with van der Waals surface area (Å²) in [5, 5.41) is 0.481. The van der Waals surface area contributed by atoms with Gasteiger partial charge in [-0.2, -0.15) is 0 Å². The van der Waals surface area contributed by atoms with Crippen LogP contribution in [0.2, 0.25) is 0 Å². The van der Waals surface area contributed by atoms with E-state index >= 15 is 0 Å². The van der Waals surface area contributed by atoms with Gasteiger partial charge in [-0.1, -0.05) is 0 Å². The summed E-state index contributed by atoms with van der Waals surface area (Å²) in [6.45, 7) is 7.35. The van der Waals surface area contributed by atoms with Gasteiger partial charge in [-0.15, -0.1) is 4.72 Å². The fourth-order valence-corrected chi connectivity index (χ4v) is 2.45. The molecule has 1 heterocycles. The molecule has 0 aliphatic carbocycles. The molecule has 2 rings (SSSR count). The summed E-state index contributed by atoms with van der Waals surface area (Å²) in [4.78, 5) is 0. The van der Waals surface area contributed by atoms with Crippen LogP contribution < -0.4 is 4.72 Å². The standard InChI is InChI=1S/C14H17F2NO2S/c1-8(17-20(18)14(2,3)4)12-6-9-5-10(15)11(16)7-13(9)19-12/h5-8,17H,1-4H3/t8?,20-/m0/s1. The summed E-state index contributed by atoms with van der Waals surface area (Å²) in [6.07, 6.45) is 0. The van der Waals surface area contributed by atoms with Gasteiger partial charge in [0, 0.05) is 22.8 Å². The quantitative estimate of drug-likeness (QED) is 0.877. The highest BCUT2D eigenvalue weighted by Crippen LogP contribution is 2.27. The highest BCUT2D eigenvalue weighted by atomic mass is 32.2. The van der Waals surface area contributed by atoms with Gasteiger partial charge >= 0.3 is 0 Å². The molecule has 2 aromatic rings. The molecule has 110 valence electrons. The first-order chi connectivity index (χ1) is 9.18. The number of fused-ring (bicyclic) bond motifs is 1. The molecule has 20 heavy (non-hydrogen) atoms. The molecular weight excluding hydrogens is 284 g/mol. The van der Waals surface area contributed by atoms with Gasteiger partial charge in [0.05, 0.1) is 0 Å². The Morgan fingerprint density at radius 3 is 2.40 bits per heavy atom. The summed E-state index contributed by atoms with van der Waals surface area (Å²) >= 11 is -1.26. The third-order valence-electron chi connectivity index (χ3n) is 2.85. The Labute approximate surface area is 119 Å². The summed E-state index contributed by atoms with van der Waals surface area (Å²) in [5.74, 6) is -1.37. The Morgan fingerprint density at radius 2 is 1.80 bits per heavy atom. The number of hydrogen-bond donors (Lipinski definition) is 1. The molecule has 1 unspecified atom stereocenters. The van der Waals surface area contributed by atoms with Crippen molar-refractivity contribution in [1.82, 2.24) is 4.72 Å². The highest BCUT2D eigenvalue weighted by molar-refractivity contribution is 7.90. The largest absolute Gasteiger partial charge is 0.598 e. The maximum absolute atomic E-state index is 13.1. The molecule has 1 aromatic carbocycles. The van der Waals surface area contributed by atoms with Gasteiger partial charge in [0.25, 0.3) is 0 Å². The van der Waals surface area contributed by atoms with Crippen molar-refractivity contribution in [1.29, 1.82) is 0 Å². The third kappa shape index (κ3) is 3.13. The van der Waals surface area contributed by atoms with Crippen LogP contribution in [0.3, 0.4) is 0 Å². The van der Waals surface area contributed by atoms with E-state index in [1.54, 1.807) is 13.0 Å². The average molecular weight is 301 g/mol. The second-order valence-corrected chi connectivity index (χ2v) is 7.67. The highest BCUT2D eigenvalue weighted by Gasteiger charge is 2.29. The van der Waals surface area contributed by atoms with E-state index in [0.717, 1.165) is 12.1 Å². The van der Waals surface area contributed by atoms with Crippen molar-refractivity contribution in [2.24, 2.45) is 0 Å². The molecule has 1 aromatic heterocycles. The predicted octanol–water partition coefficient (Wildman–Crippen LogP) is 3.82. The fraction of sp³-hybridized carbons (Fsp3) is 0.429. The number of rotatable bonds is 3. The molecule has 0 saturated carbocycles. The van der Waals surface area contributed by atoms with Crippen molar-refractivity contribution in [2.45, 2.75) is 38.5 Å². The molecule has 1 N–H and O–H groups in total. The Hall–Kier alpha value is -1.11. The lowest BCUT2D eigenvalue weighted by molar-refractivity contribution is 0.471. The first-order valence-electron chi connectivity index (χ1n) is 6.25. The molecule has 0 aliphatic heterocycles. The van der Waals surface area contributed by atoms with Crippen LogP contribution >= 0.6 is 0 Å². The van der Waals surface area contributed by atoms with E-state index in [2.05, 4.69) is 4.72 Å². The van der Waals surface area contributed by atoms with E-state index in [0.29, 0.717) is 11.1 Å². The van der Waals surface area contributed by atoms with Crippen LogP contribution in [0, 0.1) is 11.6 Å². The zero-order valence-electron chi connectivity index (χ0n) is 11.8.